The molecule has 1 atom stereocenters. The summed E-state index contributed by atoms with van der Waals surface area (Å²) in [5, 5.41) is 2.31. The van der Waals surface area contributed by atoms with Gasteiger partial charge in [0.05, 0.1) is 0 Å². The third-order valence-corrected chi connectivity index (χ3v) is 8.80. The first-order valence-electron chi connectivity index (χ1n) is 15.8. The molecule has 1 aliphatic carbocycles. The van der Waals surface area contributed by atoms with Crippen LogP contribution in [-0.2, 0) is 0 Å². The van der Waals surface area contributed by atoms with Gasteiger partial charge in [0.25, 0.3) is 0 Å². The van der Waals surface area contributed by atoms with Crippen molar-refractivity contribution in [1.29, 1.82) is 0 Å². The molecule has 0 spiro atoms. The third kappa shape index (κ3) is 5.99. The molecule has 0 heteroatoms. The first kappa shape index (κ1) is 30.3. The van der Waals surface area contributed by atoms with E-state index in [-0.39, 0.29) is 5.92 Å². The molecule has 222 valence electrons. The molecule has 0 radical (unpaired) electrons. The molecule has 0 N–H and O–H groups in total. The lowest BCUT2D eigenvalue weighted by atomic mass is 9.79. The fraction of sp³-hybridized carbons (Fsp3) is 0.0435. The summed E-state index contributed by atoms with van der Waals surface area (Å²) in [5.74, 6) is 0.229. The number of hydrogen-bond acceptors (Lipinski definition) is 0. The number of hydrogen-bond donors (Lipinski definition) is 0. The zero-order valence-electron chi connectivity index (χ0n) is 26.2. The Kier molecular flexibility index (Phi) is 9.18. The summed E-state index contributed by atoms with van der Waals surface area (Å²) in [6.45, 7) is 17.1. The predicted octanol–water partition coefficient (Wildman–Crippen LogP) is 12.9. The number of rotatable bonds is 8. The van der Waals surface area contributed by atoms with Gasteiger partial charge in [-0.2, -0.15) is 0 Å². The number of fused-ring (bicyclic) bond motifs is 1. The normalized spacial score (nSPS) is 14.0. The zero-order valence-corrected chi connectivity index (χ0v) is 26.2. The van der Waals surface area contributed by atoms with Crippen LogP contribution in [0, 0.1) is 0 Å². The van der Waals surface area contributed by atoms with Crippen molar-refractivity contribution in [3.63, 3.8) is 0 Å². The summed E-state index contributed by atoms with van der Waals surface area (Å²) < 4.78 is 0. The molecule has 0 nitrogen and oxygen atoms in total. The fourth-order valence-electron chi connectivity index (χ4n) is 6.63. The van der Waals surface area contributed by atoms with Gasteiger partial charge >= 0.3 is 0 Å². The van der Waals surface area contributed by atoms with Crippen LogP contribution in [-0.4, -0.2) is 0 Å². The van der Waals surface area contributed by atoms with Crippen LogP contribution in [0.2, 0.25) is 0 Å². The molecule has 6 rings (SSSR count). The Bertz CT molecular complexity index is 2070. The minimum atomic E-state index is 0.229. The number of allylic oxidation sites excluding steroid dienone is 4. The molecule has 5 aromatic carbocycles. The van der Waals surface area contributed by atoms with Gasteiger partial charge in [-0.3, -0.25) is 0 Å². The van der Waals surface area contributed by atoms with Crippen LogP contribution in [0.4, 0.5) is 0 Å². The SMILES string of the molecule is C=Cc1c(C2=CC(c3ccccc3)=CC(c3ccccc3)C2)ccccccc(-c2cc3ccccc3c(C=C)c2C=C)c1C=C. The van der Waals surface area contributed by atoms with E-state index in [0.717, 1.165) is 56.1 Å². The van der Waals surface area contributed by atoms with E-state index in [2.05, 4.69) is 166 Å². The van der Waals surface area contributed by atoms with Crippen molar-refractivity contribution in [2.45, 2.75) is 12.3 Å². The molecule has 0 aliphatic heterocycles. The van der Waals surface area contributed by atoms with Crippen LogP contribution < -0.4 is 0 Å². The van der Waals surface area contributed by atoms with Crippen LogP contribution in [0.5, 0.6) is 0 Å². The van der Waals surface area contributed by atoms with Gasteiger partial charge in [-0.25, -0.2) is 0 Å². The molecule has 0 aromatic heterocycles. The van der Waals surface area contributed by atoms with Crippen molar-refractivity contribution in [2.75, 3.05) is 0 Å². The molecule has 0 amide bonds. The Labute approximate surface area is 273 Å². The quantitative estimate of drug-likeness (QED) is 0.169. The van der Waals surface area contributed by atoms with Crippen LogP contribution in [0.3, 0.4) is 0 Å². The Morgan fingerprint density at radius 3 is 1.70 bits per heavy atom. The molecule has 5 aromatic rings. The van der Waals surface area contributed by atoms with E-state index in [0.29, 0.717) is 0 Å². The van der Waals surface area contributed by atoms with E-state index < -0.39 is 0 Å². The van der Waals surface area contributed by atoms with Crippen LogP contribution >= 0.6 is 0 Å². The predicted molar refractivity (Wildman–Crippen MR) is 204 cm³/mol. The highest BCUT2D eigenvalue weighted by atomic mass is 14.3. The molecule has 0 saturated carbocycles. The van der Waals surface area contributed by atoms with Gasteiger partial charge in [-0.15, -0.1) is 0 Å². The van der Waals surface area contributed by atoms with Crippen LogP contribution in [0.25, 0.3) is 57.3 Å². The lowest BCUT2D eigenvalue weighted by molar-refractivity contribution is 0.870. The van der Waals surface area contributed by atoms with Gasteiger partial charge in [0, 0.05) is 5.92 Å². The highest BCUT2D eigenvalue weighted by Crippen LogP contribution is 2.42. The van der Waals surface area contributed by atoms with Gasteiger partial charge in [-0.1, -0.05) is 184 Å². The second-order valence-electron chi connectivity index (χ2n) is 11.4. The fourth-order valence-corrected chi connectivity index (χ4v) is 6.63. The molecule has 0 saturated heterocycles. The maximum atomic E-state index is 4.37. The van der Waals surface area contributed by atoms with Crippen LogP contribution in [0.15, 0.2) is 166 Å². The minimum Gasteiger partial charge on any atom is -0.0984 e. The van der Waals surface area contributed by atoms with E-state index >= 15 is 0 Å². The summed E-state index contributed by atoms with van der Waals surface area (Å²) in [6.07, 6.45) is 13.5. The molecule has 0 bridgehead atoms. The van der Waals surface area contributed by atoms with E-state index in [9.17, 15) is 0 Å². The summed E-state index contributed by atoms with van der Waals surface area (Å²) >= 11 is 0. The van der Waals surface area contributed by atoms with Gasteiger partial charge in [0.2, 0.25) is 0 Å². The highest BCUT2D eigenvalue weighted by molar-refractivity contribution is 6.01. The lowest BCUT2D eigenvalue weighted by Crippen LogP contribution is -2.05. The third-order valence-electron chi connectivity index (χ3n) is 8.80. The van der Waals surface area contributed by atoms with Crippen molar-refractivity contribution in [3.05, 3.63) is 205 Å². The summed E-state index contributed by atoms with van der Waals surface area (Å²) in [4.78, 5) is 0. The topological polar surface area (TPSA) is 0 Å². The van der Waals surface area contributed by atoms with Crippen molar-refractivity contribution < 1.29 is 0 Å². The number of benzene rings is 4. The maximum Gasteiger partial charge on any atom is 0.00678 e. The van der Waals surface area contributed by atoms with Gasteiger partial charge in [-0.05, 0) is 84.5 Å². The van der Waals surface area contributed by atoms with E-state index in [1.165, 1.54) is 22.3 Å². The first-order valence-corrected chi connectivity index (χ1v) is 15.8. The highest BCUT2D eigenvalue weighted by Gasteiger charge is 2.21. The Morgan fingerprint density at radius 1 is 0.500 bits per heavy atom. The molecular weight excluding hydrogens is 553 g/mol. The molecule has 0 fully saturated rings. The second kappa shape index (κ2) is 13.9. The Balaban J connectivity index is 1.66. The molecule has 1 unspecified atom stereocenters. The van der Waals surface area contributed by atoms with E-state index in [4.69, 9.17) is 0 Å². The molecule has 0 heterocycles. The Morgan fingerprint density at radius 2 is 1.02 bits per heavy atom. The zero-order chi connectivity index (χ0) is 31.9. The Hall–Kier alpha value is -5.72. The second-order valence-corrected chi connectivity index (χ2v) is 11.4. The molecular formula is C46H38. The van der Waals surface area contributed by atoms with Crippen molar-refractivity contribution >= 4 is 46.2 Å². The van der Waals surface area contributed by atoms with E-state index in [1.807, 2.05) is 24.3 Å². The smallest absolute Gasteiger partial charge is 0.00678 e. The summed E-state index contributed by atoms with van der Waals surface area (Å²) in [7, 11) is 0. The minimum absolute atomic E-state index is 0.229. The average Bonchev–Trinajstić information content (AvgIpc) is 3.12. The largest absolute Gasteiger partial charge is 0.0984 e. The van der Waals surface area contributed by atoms with Crippen molar-refractivity contribution in [3.8, 4) is 11.1 Å². The maximum absolute atomic E-state index is 4.37. The molecule has 1 aliphatic rings. The van der Waals surface area contributed by atoms with Gasteiger partial charge < -0.3 is 0 Å². The van der Waals surface area contributed by atoms with Crippen molar-refractivity contribution in [2.24, 2.45) is 0 Å². The summed E-state index contributed by atoms with van der Waals surface area (Å²) in [5.41, 5.74) is 12.4. The van der Waals surface area contributed by atoms with Crippen molar-refractivity contribution in [1.82, 2.24) is 0 Å². The molecule has 46 heavy (non-hydrogen) atoms. The average molecular weight is 591 g/mol. The van der Waals surface area contributed by atoms with E-state index in [1.54, 1.807) is 0 Å². The lowest BCUT2D eigenvalue weighted by Gasteiger charge is -2.24. The van der Waals surface area contributed by atoms with Crippen LogP contribution in [0.1, 0.15) is 51.3 Å². The van der Waals surface area contributed by atoms with Gasteiger partial charge in [0.1, 0.15) is 0 Å². The standard InChI is InChI=1S/C46H38/c1-5-39-41(7-3)45(46-32-35-25-19-20-27-43(35)40(6-2)42(46)8-4)28-18-10-9-17-26-44(39)38-30-36(33-21-13-11-14-22-33)29-37(31-38)34-23-15-12-16-24-34/h5-30,32,37H,1-4,31H2. The van der Waals surface area contributed by atoms with Gasteiger partial charge in [0.15, 0.2) is 0 Å². The summed E-state index contributed by atoms with van der Waals surface area (Å²) in [6, 6.07) is 44.9. The monoisotopic (exact) mass is 590 g/mol. The first-order chi connectivity index (χ1) is 22.7.